The molecule has 0 fully saturated rings. The van der Waals surface area contributed by atoms with Crippen LogP contribution in [0.25, 0.3) is 0 Å². The second-order valence-corrected chi connectivity index (χ2v) is 4.56. The lowest BCUT2D eigenvalue weighted by Crippen LogP contribution is -2.20. The molecule has 0 aliphatic heterocycles. The highest BCUT2D eigenvalue weighted by Crippen LogP contribution is 2.20. The van der Waals surface area contributed by atoms with Crippen molar-refractivity contribution in [3.63, 3.8) is 0 Å². The van der Waals surface area contributed by atoms with E-state index in [9.17, 15) is 0 Å². The minimum atomic E-state index is 0.142. The first-order chi connectivity index (χ1) is 8.20. The predicted molar refractivity (Wildman–Crippen MR) is 67.4 cm³/mol. The van der Waals surface area contributed by atoms with Crippen molar-refractivity contribution in [3.05, 3.63) is 34.7 Å². The topological polar surface area (TPSA) is 55.9 Å². The van der Waals surface area contributed by atoms with Crippen LogP contribution in [0.4, 0.5) is 0 Å². The van der Waals surface area contributed by atoms with Gasteiger partial charge in [0.2, 0.25) is 0 Å². The SMILES string of the molecule is CCn1cnnc1CNC(C)c1ccc(Br)o1. The Morgan fingerprint density at radius 1 is 1.53 bits per heavy atom. The van der Waals surface area contributed by atoms with Crippen LogP contribution in [-0.2, 0) is 13.1 Å². The number of furan rings is 1. The second kappa shape index (κ2) is 5.46. The molecule has 2 heterocycles. The molecule has 1 atom stereocenters. The van der Waals surface area contributed by atoms with Crippen LogP contribution in [-0.4, -0.2) is 14.8 Å². The molecule has 2 aromatic rings. The molecular weight excluding hydrogens is 284 g/mol. The van der Waals surface area contributed by atoms with Gasteiger partial charge < -0.3 is 14.3 Å². The minimum absolute atomic E-state index is 0.142. The average Bonchev–Trinajstić information content (AvgIpc) is 2.94. The summed E-state index contributed by atoms with van der Waals surface area (Å²) in [4.78, 5) is 0. The van der Waals surface area contributed by atoms with Crippen LogP contribution in [0.2, 0.25) is 0 Å². The highest BCUT2D eigenvalue weighted by Gasteiger charge is 2.10. The molecule has 2 rings (SSSR count). The van der Waals surface area contributed by atoms with Gasteiger partial charge in [-0.2, -0.15) is 0 Å². The van der Waals surface area contributed by atoms with Crippen LogP contribution in [0.5, 0.6) is 0 Å². The Bertz CT molecular complexity index is 479. The van der Waals surface area contributed by atoms with Gasteiger partial charge in [-0.25, -0.2) is 0 Å². The maximum atomic E-state index is 5.48. The van der Waals surface area contributed by atoms with E-state index in [0.717, 1.165) is 22.8 Å². The normalized spacial score (nSPS) is 12.9. The summed E-state index contributed by atoms with van der Waals surface area (Å²) in [5.41, 5.74) is 0. The van der Waals surface area contributed by atoms with Gasteiger partial charge in [0.1, 0.15) is 17.9 Å². The second-order valence-electron chi connectivity index (χ2n) is 3.78. The van der Waals surface area contributed by atoms with E-state index < -0.39 is 0 Å². The van der Waals surface area contributed by atoms with Crippen LogP contribution in [0.15, 0.2) is 27.5 Å². The summed E-state index contributed by atoms with van der Waals surface area (Å²) in [6.07, 6.45) is 1.74. The van der Waals surface area contributed by atoms with Gasteiger partial charge in [0.15, 0.2) is 4.67 Å². The van der Waals surface area contributed by atoms with E-state index in [-0.39, 0.29) is 6.04 Å². The summed E-state index contributed by atoms with van der Waals surface area (Å²) in [5.74, 6) is 1.84. The number of halogens is 1. The zero-order chi connectivity index (χ0) is 12.3. The van der Waals surface area contributed by atoms with Gasteiger partial charge in [-0.3, -0.25) is 0 Å². The first-order valence-electron chi connectivity index (χ1n) is 5.56. The molecule has 1 unspecified atom stereocenters. The number of rotatable bonds is 5. The van der Waals surface area contributed by atoms with Crippen molar-refractivity contribution in [2.75, 3.05) is 0 Å². The van der Waals surface area contributed by atoms with Crippen LogP contribution < -0.4 is 5.32 Å². The van der Waals surface area contributed by atoms with Gasteiger partial charge in [-0.05, 0) is 41.9 Å². The first kappa shape index (κ1) is 12.3. The van der Waals surface area contributed by atoms with Gasteiger partial charge >= 0.3 is 0 Å². The number of nitrogens with one attached hydrogen (secondary N) is 1. The smallest absolute Gasteiger partial charge is 0.169 e. The van der Waals surface area contributed by atoms with Gasteiger partial charge in [0, 0.05) is 6.54 Å². The molecular formula is C11H15BrN4O. The van der Waals surface area contributed by atoms with E-state index in [4.69, 9.17) is 4.42 Å². The average molecular weight is 299 g/mol. The van der Waals surface area contributed by atoms with E-state index in [1.54, 1.807) is 6.33 Å². The molecule has 5 nitrogen and oxygen atoms in total. The van der Waals surface area contributed by atoms with Crippen LogP contribution in [0.1, 0.15) is 31.5 Å². The summed E-state index contributed by atoms with van der Waals surface area (Å²) in [6, 6.07) is 3.98. The fourth-order valence-electron chi connectivity index (χ4n) is 1.59. The van der Waals surface area contributed by atoms with Gasteiger partial charge in [-0.15, -0.1) is 10.2 Å². The zero-order valence-electron chi connectivity index (χ0n) is 9.85. The Labute approximate surface area is 108 Å². The van der Waals surface area contributed by atoms with E-state index in [2.05, 4.69) is 45.3 Å². The summed E-state index contributed by atoms with van der Waals surface area (Å²) >= 11 is 3.29. The molecule has 0 spiro atoms. The Morgan fingerprint density at radius 3 is 3.00 bits per heavy atom. The van der Waals surface area contributed by atoms with Crippen molar-refractivity contribution in [3.8, 4) is 0 Å². The van der Waals surface area contributed by atoms with Crippen molar-refractivity contribution in [1.29, 1.82) is 0 Å². The fraction of sp³-hybridized carbons (Fsp3) is 0.455. The molecule has 6 heteroatoms. The maximum absolute atomic E-state index is 5.48. The molecule has 0 aliphatic carbocycles. The first-order valence-corrected chi connectivity index (χ1v) is 6.35. The van der Waals surface area contributed by atoms with Gasteiger partial charge in [0.05, 0.1) is 12.6 Å². The Hall–Kier alpha value is -1.14. The van der Waals surface area contributed by atoms with Crippen molar-refractivity contribution in [2.45, 2.75) is 33.0 Å². The molecule has 0 aromatic carbocycles. The van der Waals surface area contributed by atoms with Crippen LogP contribution >= 0.6 is 15.9 Å². The lowest BCUT2D eigenvalue weighted by molar-refractivity contribution is 0.412. The fourth-order valence-corrected chi connectivity index (χ4v) is 1.91. The molecule has 2 aromatic heterocycles. The summed E-state index contributed by atoms with van der Waals surface area (Å²) < 4.78 is 8.24. The van der Waals surface area contributed by atoms with E-state index in [0.29, 0.717) is 6.54 Å². The van der Waals surface area contributed by atoms with Gasteiger partial charge in [-0.1, -0.05) is 0 Å². The molecule has 0 bridgehead atoms. The molecule has 0 radical (unpaired) electrons. The highest BCUT2D eigenvalue weighted by atomic mass is 79.9. The van der Waals surface area contributed by atoms with Crippen molar-refractivity contribution >= 4 is 15.9 Å². The summed E-state index contributed by atoms with van der Waals surface area (Å²) in [6.45, 7) is 5.68. The lowest BCUT2D eigenvalue weighted by Gasteiger charge is -2.11. The van der Waals surface area contributed by atoms with Gasteiger partial charge in [0.25, 0.3) is 0 Å². The lowest BCUT2D eigenvalue weighted by atomic mass is 10.2. The zero-order valence-corrected chi connectivity index (χ0v) is 11.4. The largest absolute Gasteiger partial charge is 0.453 e. The summed E-state index contributed by atoms with van der Waals surface area (Å²) in [7, 11) is 0. The third-order valence-electron chi connectivity index (χ3n) is 2.62. The van der Waals surface area contributed by atoms with Crippen molar-refractivity contribution in [1.82, 2.24) is 20.1 Å². The molecule has 92 valence electrons. The van der Waals surface area contributed by atoms with Crippen LogP contribution in [0, 0.1) is 0 Å². The molecule has 0 amide bonds. The number of hydrogen-bond acceptors (Lipinski definition) is 4. The molecule has 0 aliphatic rings. The van der Waals surface area contributed by atoms with Crippen molar-refractivity contribution < 1.29 is 4.42 Å². The number of aryl methyl sites for hydroxylation is 1. The monoisotopic (exact) mass is 298 g/mol. The number of nitrogens with zero attached hydrogens (tertiary/aromatic N) is 3. The highest BCUT2D eigenvalue weighted by molar-refractivity contribution is 9.10. The Kier molecular flexibility index (Phi) is 3.96. The van der Waals surface area contributed by atoms with E-state index >= 15 is 0 Å². The third-order valence-corrected chi connectivity index (χ3v) is 3.05. The number of aromatic nitrogens is 3. The van der Waals surface area contributed by atoms with E-state index in [1.165, 1.54) is 0 Å². The van der Waals surface area contributed by atoms with Crippen molar-refractivity contribution in [2.24, 2.45) is 0 Å². The van der Waals surface area contributed by atoms with E-state index in [1.807, 2.05) is 16.7 Å². The summed E-state index contributed by atoms with van der Waals surface area (Å²) in [5, 5.41) is 11.3. The molecule has 0 saturated heterocycles. The quantitative estimate of drug-likeness (QED) is 0.921. The molecule has 0 saturated carbocycles. The maximum Gasteiger partial charge on any atom is 0.169 e. The molecule has 1 N–H and O–H groups in total. The van der Waals surface area contributed by atoms with Crippen LogP contribution in [0.3, 0.4) is 0 Å². The third kappa shape index (κ3) is 2.95. The Morgan fingerprint density at radius 2 is 2.35 bits per heavy atom. The standard InChI is InChI=1S/C11H15BrN4O/c1-3-16-7-14-15-11(16)6-13-8(2)9-4-5-10(12)17-9/h4-5,7-8,13H,3,6H2,1-2H3. The number of hydrogen-bond donors (Lipinski definition) is 1. The minimum Gasteiger partial charge on any atom is -0.453 e. The Balaban J connectivity index is 1.94. The predicted octanol–water partition coefficient (Wildman–Crippen LogP) is 2.50. The molecule has 17 heavy (non-hydrogen) atoms.